The quantitative estimate of drug-likeness (QED) is 0.681. The summed E-state index contributed by atoms with van der Waals surface area (Å²) in [7, 11) is 0. The maximum absolute atomic E-state index is 3.64. The fraction of sp³-hybridized carbons (Fsp3) is 0.111. The fourth-order valence-corrected chi connectivity index (χ4v) is 3.08. The molecule has 1 nitrogen and oxygen atoms in total. The van der Waals surface area contributed by atoms with Crippen LogP contribution in [0.2, 0.25) is 0 Å². The number of nitrogens with one attached hydrogen (secondary N) is 1. The topological polar surface area (TPSA) is 12.0 Å². The minimum Gasteiger partial charge on any atom is -0.377 e. The summed E-state index contributed by atoms with van der Waals surface area (Å²) in [6.07, 6.45) is 0.996. The van der Waals surface area contributed by atoms with Gasteiger partial charge in [0.15, 0.2) is 0 Å². The van der Waals surface area contributed by atoms with Gasteiger partial charge in [0.1, 0.15) is 0 Å². The molecule has 0 radical (unpaired) electrons. The highest BCUT2D eigenvalue weighted by Gasteiger charge is 2.13. The first-order valence-electron chi connectivity index (χ1n) is 6.81. The number of para-hydroxylation sites is 1. The molecule has 1 unspecified atom stereocenters. The average Bonchev–Trinajstić information content (AvgIpc) is 3.03. The van der Waals surface area contributed by atoms with Crippen molar-refractivity contribution in [2.75, 3.05) is 5.32 Å². The van der Waals surface area contributed by atoms with Crippen LogP contribution in [0.5, 0.6) is 0 Å². The van der Waals surface area contributed by atoms with Gasteiger partial charge in [-0.3, -0.25) is 0 Å². The largest absolute Gasteiger partial charge is 0.377 e. The summed E-state index contributed by atoms with van der Waals surface area (Å²) in [6, 6.07) is 25.7. The Morgan fingerprint density at radius 3 is 2.15 bits per heavy atom. The molecule has 3 rings (SSSR count). The van der Waals surface area contributed by atoms with E-state index >= 15 is 0 Å². The molecule has 0 saturated carbocycles. The molecule has 2 aromatic carbocycles. The number of rotatable bonds is 5. The number of anilines is 1. The normalized spacial score (nSPS) is 12.0. The van der Waals surface area contributed by atoms with Crippen molar-refractivity contribution < 1.29 is 0 Å². The molecule has 1 atom stereocenters. The molecule has 1 heterocycles. The summed E-state index contributed by atoms with van der Waals surface area (Å²) in [5.74, 6) is 0. The van der Waals surface area contributed by atoms with Gasteiger partial charge in [-0.05, 0) is 35.6 Å². The van der Waals surface area contributed by atoms with Gasteiger partial charge in [-0.25, -0.2) is 0 Å². The van der Waals surface area contributed by atoms with Crippen molar-refractivity contribution in [3.05, 3.63) is 88.6 Å². The summed E-state index contributed by atoms with van der Waals surface area (Å²) in [4.78, 5) is 1.37. The summed E-state index contributed by atoms with van der Waals surface area (Å²) in [6.45, 7) is 0. The molecule has 0 aliphatic heterocycles. The Morgan fingerprint density at radius 2 is 1.50 bits per heavy atom. The highest BCUT2D eigenvalue weighted by molar-refractivity contribution is 7.10. The van der Waals surface area contributed by atoms with Gasteiger partial charge in [0.05, 0.1) is 6.04 Å². The van der Waals surface area contributed by atoms with E-state index in [2.05, 4.69) is 77.4 Å². The van der Waals surface area contributed by atoms with Crippen LogP contribution < -0.4 is 5.32 Å². The van der Waals surface area contributed by atoms with Gasteiger partial charge in [0.2, 0.25) is 0 Å². The predicted octanol–water partition coefficient (Wildman–Crippen LogP) is 5.14. The molecule has 0 amide bonds. The van der Waals surface area contributed by atoms with E-state index in [-0.39, 0.29) is 0 Å². The second-order valence-corrected chi connectivity index (χ2v) is 5.75. The smallest absolute Gasteiger partial charge is 0.0646 e. The van der Waals surface area contributed by atoms with E-state index in [0.717, 1.165) is 6.42 Å². The van der Waals surface area contributed by atoms with E-state index in [1.165, 1.54) is 16.1 Å². The molecule has 0 bridgehead atoms. The molecule has 100 valence electrons. The first-order valence-corrected chi connectivity index (χ1v) is 7.69. The molecule has 2 heteroatoms. The van der Waals surface area contributed by atoms with E-state index in [1.54, 1.807) is 0 Å². The van der Waals surface area contributed by atoms with E-state index in [1.807, 2.05) is 17.4 Å². The van der Waals surface area contributed by atoms with Crippen LogP contribution in [0, 0.1) is 0 Å². The molecule has 1 N–H and O–H groups in total. The second kappa shape index (κ2) is 6.40. The van der Waals surface area contributed by atoms with Crippen molar-refractivity contribution in [1.82, 2.24) is 0 Å². The standard InChI is InChI=1S/C18H17NS/c1-3-8-15(9-4-1)14-17(18-12-7-13-20-18)19-16-10-5-2-6-11-16/h1-13,17,19H,14H2. The Morgan fingerprint density at radius 1 is 0.800 bits per heavy atom. The van der Waals surface area contributed by atoms with Crippen molar-refractivity contribution in [3.8, 4) is 0 Å². The molecular weight excluding hydrogens is 262 g/mol. The number of benzene rings is 2. The Balaban J connectivity index is 1.81. The molecule has 0 fully saturated rings. The van der Waals surface area contributed by atoms with E-state index in [9.17, 15) is 0 Å². The Kier molecular flexibility index (Phi) is 4.14. The maximum atomic E-state index is 3.64. The molecule has 3 aromatic rings. The van der Waals surface area contributed by atoms with Crippen LogP contribution in [0.3, 0.4) is 0 Å². The SMILES string of the molecule is c1ccc(CC(Nc2ccccc2)c2cccs2)cc1. The van der Waals surface area contributed by atoms with E-state index in [0.29, 0.717) is 6.04 Å². The van der Waals surface area contributed by atoms with Gasteiger partial charge in [0, 0.05) is 10.6 Å². The highest BCUT2D eigenvalue weighted by Crippen LogP contribution is 2.26. The Bertz CT molecular complexity index is 576. The summed E-state index contributed by atoms with van der Waals surface area (Å²) < 4.78 is 0. The molecule has 0 aliphatic rings. The van der Waals surface area contributed by atoms with Crippen LogP contribution in [0.25, 0.3) is 0 Å². The maximum Gasteiger partial charge on any atom is 0.0646 e. The van der Waals surface area contributed by atoms with E-state index < -0.39 is 0 Å². The molecular formula is C18H17NS. The molecule has 20 heavy (non-hydrogen) atoms. The van der Waals surface area contributed by atoms with Crippen LogP contribution in [-0.4, -0.2) is 0 Å². The zero-order valence-electron chi connectivity index (χ0n) is 11.2. The van der Waals surface area contributed by atoms with Gasteiger partial charge in [-0.1, -0.05) is 54.6 Å². The number of hydrogen-bond acceptors (Lipinski definition) is 2. The first kappa shape index (κ1) is 12.9. The predicted molar refractivity (Wildman–Crippen MR) is 87.3 cm³/mol. The van der Waals surface area contributed by atoms with Gasteiger partial charge < -0.3 is 5.32 Å². The van der Waals surface area contributed by atoms with Gasteiger partial charge in [-0.15, -0.1) is 11.3 Å². The Hall–Kier alpha value is -2.06. The molecule has 0 saturated heterocycles. The summed E-state index contributed by atoms with van der Waals surface area (Å²) in [5.41, 5.74) is 2.52. The number of thiophene rings is 1. The summed E-state index contributed by atoms with van der Waals surface area (Å²) >= 11 is 1.81. The van der Waals surface area contributed by atoms with Gasteiger partial charge >= 0.3 is 0 Å². The van der Waals surface area contributed by atoms with E-state index in [4.69, 9.17) is 0 Å². The van der Waals surface area contributed by atoms with Gasteiger partial charge in [0.25, 0.3) is 0 Å². The van der Waals surface area contributed by atoms with Crippen molar-refractivity contribution in [2.24, 2.45) is 0 Å². The minimum atomic E-state index is 0.319. The average molecular weight is 279 g/mol. The number of hydrogen-bond donors (Lipinski definition) is 1. The van der Waals surface area contributed by atoms with Crippen LogP contribution in [0.1, 0.15) is 16.5 Å². The van der Waals surface area contributed by atoms with Crippen LogP contribution >= 0.6 is 11.3 Å². The Labute approximate surface area is 123 Å². The van der Waals surface area contributed by atoms with Crippen LogP contribution in [0.15, 0.2) is 78.2 Å². The minimum absolute atomic E-state index is 0.319. The zero-order chi connectivity index (χ0) is 13.6. The summed E-state index contributed by atoms with van der Waals surface area (Å²) in [5, 5.41) is 5.78. The lowest BCUT2D eigenvalue weighted by molar-refractivity contribution is 0.791. The third-order valence-electron chi connectivity index (χ3n) is 3.28. The third kappa shape index (κ3) is 3.28. The van der Waals surface area contributed by atoms with Crippen molar-refractivity contribution in [3.63, 3.8) is 0 Å². The lowest BCUT2D eigenvalue weighted by Crippen LogP contribution is -2.12. The lowest BCUT2D eigenvalue weighted by atomic mass is 10.0. The van der Waals surface area contributed by atoms with Crippen LogP contribution in [0.4, 0.5) is 5.69 Å². The third-order valence-corrected chi connectivity index (χ3v) is 4.27. The first-order chi connectivity index (χ1) is 9.92. The van der Waals surface area contributed by atoms with Crippen molar-refractivity contribution in [1.29, 1.82) is 0 Å². The van der Waals surface area contributed by atoms with Crippen LogP contribution in [-0.2, 0) is 6.42 Å². The second-order valence-electron chi connectivity index (χ2n) is 4.77. The zero-order valence-corrected chi connectivity index (χ0v) is 12.0. The monoisotopic (exact) mass is 279 g/mol. The molecule has 0 spiro atoms. The highest BCUT2D eigenvalue weighted by atomic mass is 32.1. The fourth-order valence-electron chi connectivity index (χ4n) is 2.30. The van der Waals surface area contributed by atoms with Crippen molar-refractivity contribution in [2.45, 2.75) is 12.5 Å². The lowest BCUT2D eigenvalue weighted by Gasteiger charge is -2.19. The molecule has 0 aliphatic carbocycles. The van der Waals surface area contributed by atoms with Crippen molar-refractivity contribution >= 4 is 17.0 Å². The molecule has 1 aromatic heterocycles. The van der Waals surface area contributed by atoms with Gasteiger partial charge in [-0.2, -0.15) is 0 Å².